The van der Waals surface area contributed by atoms with E-state index in [9.17, 15) is 4.79 Å². The van der Waals surface area contributed by atoms with Crippen LogP contribution < -0.4 is 0 Å². The van der Waals surface area contributed by atoms with E-state index in [4.69, 9.17) is 10.00 Å². The number of esters is 1. The summed E-state index contributed by atoms with van der Waals surface area (Å²) < 4.78 is 4.77. The number of ether oxygens (including phenoxy) is 1. The molecule has 1 aromatic rings. The van der Waals surface area contributed by atoms with Gasteiger partial charge in [-0.25, -0.2) is 14.8 Å². The summed E-state index contributed by atoms with van der Waals surface area (Å²) in [6.07, 6.45) is 1.43. The van der Waals surface area contributed by atoms with Gasteiger partial charge in [-0.05, 0) is 13.8 Å². The van der Waals surface area contributed by atoms with Crippen molar-refractivity contribution in [3.05, 3.63) is 23.3 Å². The Balaban J connectivity index is 3.07. The molecule has 0 aliphatic heterocycles. The zero-order valence-electron chi connectivity index (χ0n) is 7.94. The van der Waals surface area contributed by atoms with Gasteiger partial charge in [0.25, 0.3) is 0 Å². The summed E-state index contributed by atoms with van der Waals surface area (Å²) in [7, 11) is 0. The van der Waals surface area contributed by atoms with Crippen molar-refractivity contribution in [3.63, 3.8) is 0 Å². The first-order valence-corrected chi connectivity index (χ1v) is 4.10. The number of carbonyl (C=O) groups excluding carboxylic acids is 1. The van der Waals surface area contributed by atoms with Gasteiger partial charge in [-0.2, -0.15) is 5.26 Å². The van der Waals surface area contributed by atoms with E-state index in [1.807, 2.05) is 0 Å². The fourth-order valence-corrected chi connectivity index (χ4v) is 0.902. The van der Waals surface area contributed by atoms with E-state index in [1.165, 1.54) is 6.20 Å². The maximum atomic E-state index is 11.3. The second-order valence-corrected chi connectivity index (χ2v) is 2.56. The highest BCUT2D eigenvalue weighted by atomic mass is 16.5. The Morgan fingerprint density at radius 1 is 1.71 bits per heavy atom. The van der Waals surface area contributed by atoms with Crippen LogP contribution in [-0.4, -0.2) is 22.5 Å². The summed E-state index contributed by atoms with van der Waals surface area (Å²) >= 11 is 0. The molecule has 0 aliphatic rings. The van der Waals surface area contributed by atoms with Crippen molar-refractivity contribution in [2.45, 2.75) is 13.8 Å². The summed E-state index contributed by atoms with van der Waals surface area (Å²) in [6.45, 7) is 3.68. The van der Waals surface area contributed by atoms with Crippen molar-refractivity contribution in [2.75, 3.05) is 6.61 Å². The number of nitriles is 1. The number of rotatable bonds is 2. The molecule has 0 spiro atoms. The molecule has 0 aromatic carbocycles. The van der Waals surface area contributed by atoms with Gasteiger partial charge in [0.05, 0.1) is 6.61 Å². The minimum atomic E-state index is -0.524. The Morgan fingerprint density at radius 2 is 2.43 bits per heavy atom. The Hall–Kier alpha value is -1.96. The van der Waals surface area contributed by atoms with Crippen LogP contribution in [0.15, 0.2) is 6.20 Å². The second kappa shape index (κ2) is 4.33. The van der Waals surface area contributed by atoms with Gasteiger partial charge in [-0.1, -0.05) is 0 Å². The van der Waals surface area contributed by atoms with Gasteiger partial charge in [-0.15, -0.1) is 0 Å². The molecule has 1 heterocycles. The highest BCUT2D eigenvalue weighted by molar-refractivity contribution is 5.88. The molecule has 0 saturated carbocycles. The molecule has 72 valence electrons. The lowest BCUT2D eigenvalue weighted by molar-refractivity contribution is 0.0518. The summed E-state index contributed by atoms with van der Waals surface area (Å²) in [5.74, 6) is -0.553. The predicted molar refractivity (Wildman–Crippen MR) is 47.4 cm³/mol. The number of hydrogen-bond acceptors (Lipinski definition) is 5. The smallest absolute Gasteiger partial charge is 0.357 e. The molecule has 0 aliphatic carbocycles. The normalized spacial score (nSPS) is 9.21. The van der Waals surface area contributed by atoms with Crippen LogP contribution in [0, 0.1) is 18.3 Å². The topological polar surface area (TPSA) is 75.9 Å². The van der Waals surface area contributed by atoms with Crippen LogP contribution in [0.1, 0.15) is 28.8 Å². The average molecular weight is 191 g/mol. The number of nitrogens with zero attached hydrogens (tertiary/aromatic N) is 3. The fourth-order valence-electron chi connectivity index (χ4n) is 0.902. The van der Waals surface area contributed by atoms with E-state index >= 15 is 0 Å². The minimum absolute atomic E-state index is 0.0290. The van der Waals surface area contributed by atoms with Crippen molar-refractivity contribution in [1.82, 2.24) is 9.97 Å². The zero-order valence-corrected chi connectivity index (χ0v) is 7.94. The molecule has 1 rings (SSSR count). The lowest BCUT2D eigenvalue weighted by atomic mass is 10.2. The molecule has 0 amide bonds. The van der Waals surface area contributed by atoms with Gasteiger partial charge in [-0.3, -0.25) is 0 Å². The molecule has 0 unspecified atom stereocenters. The first-order valence-electron chi connectivity index (χ1n) is 4.10. The Bertz CT molecular complexity index is 396. The maximum Gasteiger partial charge on any atom is 0.357 e. The highest BCUT2D eigenvalue weighted by Gasteiger charge is 2.13. The molecule has 0 fully saturated rings. The number of aryl methyl sites for hydroxylation is 1. The fraction of sp³-hybridized carbons (Fsp3) is 0.333. The van der Waals surface area contributed by atoms with Crippen LogP contribution in [0.3, 0.4) is 0 Å². The molecule has 1 aromatic heterocycles. The molecular formula is C9H9N3O2. The zero-order chi connectivity index (χ0) is 10.6. The second-order valence-electron chi connectivity index (χ2n) is 2.56. The molecule has 5 heteroatoms. The van der Waals surface area contributed by atoms with Gasteiger partial charge in [0.2, 0.25) is 5.82 Å². The molecule has 14 heavy (non-hydrogen) atoms. The van der Waals surface area contributed by atoms with E-state index in [2.05, 4.69) is 9.97 Å². The Kier molecular flexibility index (Phi) is 3.13. The number of aromatic nitrogens is 2. The minimum Gasteiger partial charge on any atom is -0.461 e. The van der Waals surface area contributed by atoms with Crippen LogP contribution in [0.2, 0.25) is 0 Å². The largest absolute Gasteiger partial charge is 0.461 e. The summed E-state index contributed by atoms with van der Waals surface area (Å²) in [6, 6.07) is 1.76. The predicted octanol–water partition coefficient (Wildman–Crippen LogP) is 0.833. The molecular weight excluding hydrogens is 182 g/mol. The first kappa shape index (κ1) is 10.1. The van der Waals surface area contributed by atoms with Crippen molar-refractivity contribution in [2.24, 2.45) is 0 Å². The lowest BCUT2D eigenvalue weighted by Crippen LogP contribution is -2.10. The average Bonchev–Trinajstić information content (AvgIpc) is 2.19. The van der Waals surface area contributed by atoms with Crippen molar-refractivity contribution < 1.29 is 9.53 Å². The third kappa shape index (κ3) is 2.04. The lowest BCUT2D eigenvalue weighted by Gasteiger charge is -2.03. The quantitative estimate of drug-likeness (QED) is 0.647. The van der Waals surface area contributed by atoms with E-state index in [1.54, 1.807) is 19.9 Å². The van der Waals surface area contributed by atoms with E-state index in [-0.39, 0.29) is 18.1 Å². The van der Waals surface area contributed by atoms with Crippen molar-refractivity contribution in [3.8, 4) is 6.07 Å². The van der Waals surface area contributed by atoms with E-state index < -0.39 is 5.97 Å². The Morgan fingerprint density at radius 3 is 3.00 bits per heavy atom. The monoisotopic (exact) mass is 191 g/mol. The van der Waals surface area contributed by atoms with Crippen LogP contribution in [0.25, 0.3) is 0 Å². The van der Waals surface area contributed by atoms with Crippen LogP contribution in [-0.2, 0) is 4.74 Å². The third-order valence-corrected chi connectivity index (χ3v) is 1.54. The van der Waals surface area contributed by atoms with Gasteiger partial charge in [0, 0.05) is 11.8 Å². The third-order valence-electron chi connectivity index (χ3n) is 1.54. The van der Waals surface area contributed by atoms with Crippen molar-refractivity contribution in [1.29, 1.82) is 5.26 Å². The van der Waals surface area contributed by atoms with Crippen LogP contribution >= 0.6 is 0 Å². The Labute approximate surface area is 81.4 Å². The molecule has 0 bridgehead atoms. The van der Waals surface area contributed by atoms with Crippen LogP contribution in [0.4, 0.5) is 0 Å². The standard InChI is InChI=1S/C9H9N3O2/c1-3-14-9(13)8-6(2)5-11-7(4-10)12-8/h5H,3H2,1-2H3. The van der Waals surface area contributed by atoms with Gasteiger partial charge in [0.15, 0.2) is 5.69 Å². The molecule has 0 atom stereocenters. The van der Waals surface area contributed by atoms with Gasteiger partial charge < -0.3 is 4.74 Å². The molecule has 0 saturated heterocycles. The molecule has 0 radical (unpaired) electrons. The number of hydrogen-bond donors (Lipinski definition) is 0. The molecule has 5 nitrogen and oxygen atoms in total. The summed E-state index contributed by atoms with van der Waals surface area (Å²) in [5, 5.41) is 8.54. The molecule has 0 N–H and O–H groups in total. The van der Waals surface area contributed by atoms with Gasteiger partial charge in [0.1, 0.15) is 6.07 Å². The maximum absolute atomic E-state index is 11.3. The number of carbonyl (C=O) groups is 1. The van der Waals surface area contributed by atoms with Crippen molar-refractivity contribution >= 4 is 5.97 Å². The summed E-state index contributed by atoms with van der Waals surface area (Å²) in [4.78, 5) is 18.8. The SMILES string of the molecule is CCOC(=O)c1nc(C#N)ncc1C. The highest BCUT2D eigenvalue weighted by Crippen LogP contribution is 2.05. The first-order chi connectivity index (χ1) is 6.69. The van der Waals surface area contributed by atoms with Crippen LogP contribution in [0.5, 0.6) is 0 Å². The van der Waals surface area contributed by atoms with E-state index in [0.29, 0.717) is 5.56 Å². The van der Waals surface area contributed by atoms with E-state index in [0.717, 1.165) is 0 Å². The van der Waals surface area contributed by atoms with Gasteiger partial charge >= 0.3 is 5.97 Å². The summed E-state index contributed by atoms with van der Waals surface area (Å²) in [5.41, 5.74) is 0.751.